The SMILES string of the molecule is CCC.Cc1ccc(CC(F)(F)F)c(F)c1. The molecule has 0 fully saturated rings. The molecule has 4 heteroatoms. The molecule has 0 saturated heterocycles. The van der Waals surface area contributed by atoms with E-state index in [1.165, 1.54) is 12.5 Å². The van der Waals surface area contributed by atoms with Crippen LogP contribution in [0.1, 0.15) is 31.4 Å². The summed E-state index contributed by atoms with van der Waals surface area (Å²) in [5, 5.41) is 0. The molecule has 0 aliphatic carbocycles. The number of rotatable bonds is 1. The average Bonchev–Trinajstić information content (AvgIpc) is 2.09. The average molecular weight is 236 g/mol. The Hall–Kier alpha value is -1.06. The molecule has 0 atom stereocenters. The largest absolute Gasteiger partial charge is 0.393 e. The van der Waals surface area contributed by atoms with Crippen LogP contribution in [0.25, 0.3) is 0 Å². The van der Waals surface area contributed by atoms with Crippen molar-refractivity contribution in [2.24, 2.45) is 0 Å². The number of hydrogen-bond donors (Lipinski definition) is 0. The van der Waals surface area contributed by atoms with Gasteiger partial charge in [-0.1, -0.05) is 32.4 Å². The van der Waals surface area contributed by atoms with Gasteiger partial charge >= 0.3 is 6.18 Å². The lowest BCUT2D eigenvalue weighted by atomic mass is 10.1. The molecule has 1 rings (SSSR count). The molecule has 92 valence electrons. The van der Waals surface area contributed by atoms with E-state index in [1.807, 2.05) is 0 Å². The molecule has 0 aliphatic heterocycles. The fourth-order valence-electron chi connectivity index (χ4n) is 1.01. The first-order chi connectivity index (χ1) is 7.30. The molecule has 0 N–H and O–H groups in total. The molecular weight excluding hydrogens is 220 g/mol. The zero-order valence-corrected chi connectivity index (χ0v) is 9.66. The van der Waals surface area contributed by atoms with Gasteiger partial charge in [-0.2, -0.15) is 13.2 Å². The van der Waals surface area contributed by atoms with Gasteiger partial charge in [-0.05, 0) is 24.1 Å². The van der Waals surface area contributed by atoms with Crippen LogP contribution in [-0.2, 0) is 6.42 Å². The highest BCUT2D eigenvalue weighted by atomic mass is 19.4. The van der Waals surface area contributed by atoms with Gasteiger partial charge in [0.15, 0.2) is 0 Å². The molecular formula is C12H16F4. The summed E-state index contributed by atoms with van der Waals surface area (Å²) in [5.74, 6) is -0.794. The summed E-state index contributed by atoms with van der Waals surface area (Å²) in [6.45, 7) is 5.88. The molecule has 0 aliphatic rings. The van der Waals surface area contributed by atoms with E-state index in [-0.39, 0.29) is 5.56 Å². The normalized spacial score (nSPS) is 10.7. The molecule has 0 spiro atoms. The maximum atomic E-state index is 12.9. The van der Waals surface area contributed by atoms with Crippen molar-refractivity contribution >= 4 is 0 Å². The van der Waals surface area contributed by atoms with Gasteiger partial charge in [0.1, 0.15) is 5.82 Å². The Morgan fingerprint density at radius 1 is 1.12 bits per heavy atom. The second-order valence-electron chi connectivity index (χ2n) is 3.59. The summed E-state index contributed by atoms with van der Waals surface area (Å²) in [5.41, 5.74) is 0.307. The number of hydrogen-bond acceptors (Lipinski definition) is 0. The number of alkyl halides is 3. The minimum absolute atomic E-state index is 0.307. The minimum Gasteiger partial charge on any atom is -0.207 e. The van der Waals surface area contributed by atoms with Crippen molar-refractivity contribution in [1.29, 1.82) is 0 Å². The predicted octanol–water partition coefficient (Wildman–Crippen LogP) is 4.66. The van der Waals surface area contributed by atoms with Crippen molar-refractivity contribution in [1.82, 2.24) is 0 Å². The lowest BCUT2D eigenvalue weighted by Gasteiger charge is -2.07. The van der Waals surface area contributed by atoms with E-state index in [2.05, 4.69) is 13.8 Å². The van der Waals surface area contributed by atoms with Gasteiger partial charge in [0.25, 0.3) is 0 Å². The van der Waals surface area contributed by atoms with E-state index in [0.717, 1.165) is 12.1 Å². The van der Waals surface area contributed by atoms with Crippen LogP contribution < -0.4 is 0 Å². The van der Waals surface area contributed by atoms with Crippen LogP contribution in [0.2, 0.25) is 0 Å². The fourth-order valence-corrected chi connectivity index (χ4v) is 1.01. The van der Waals surface area contributed by atoms with Crippen LogP contribution in [0.5, 0.6) is 0 Å². The van der Waals surface area contributed by atoms with Crippen molar-refractivity contribution in [2.75, 3.05) is 0 Å². The summed E-state index contributed by atoms with van der Waals surface area (Å²) in [6, 6.07) is 3.73. The van der Waals surface area contributed by atoms with E-state index in [0.29, 0.717) is 5.56 Å². The zero-order valence-electron chi connectivity index (χ0n) is 9.66. The molecule has 0 amide bonds. The smallest absolute Gasteiger partial charge is 0.207 e. The molecule has 0 saturated carbocycles. The molecule has 1 aromatic rings. The summed E-state index contributed by atoms with van der Waals surface area (Å²) in [4.78, 5) is 0. The number of benzene rings is 1. The Labute approximate surface area is 93.3 Å². The lowest BCUT2D eigenvalue weighted by molar-refractivity contribution is -0.127. The Bertz CT molecular complexity index is 315. The van der Waals surface area contributed by atoms with Crippen LogP contribution in [0.3, 0.4) is 0 Å². The highest BCUT2D eigenvalue weighted by Crippen LogP contribution is 2.23. The van der Waals surface area contributed by atoms with Crippen molar-refractivity contribution in [3.63, 3.8) is 0 Å². The van der Waals surface area contributed by atoms with Gasteiger partial charge in [0, 0.05) is 0 Å². The molecule has 0 heterocycles. The van der Waals surface area contributed by atoms with Crippen molar-refractivity contribution in [2.45, 2.75) is 39.8 Å². The van der Waals surface area contributed by atoms with Gasteiger partial charge in [-0.3, -0.25) is 0 Å². The quantitative estimate of drug-likeness (QED) is 0.622. The van der Waals surface area contributed by atoms with Crippen LogP contribution in [0.15, 0.2) is 18.2 Å². The van der Waals surface area contributed by atoms with E-state index in [9.17, 15) is 17.6 Å². The standard InChI is InChI=1S/C9H8F4.C3H8/c1-6-2-3-7(8(10)4-6)5-9(11,12)13;1-3-2/h2-4H,5H2,1H3;3H2,1-2H3. The van der Waals surface area contributed by atoms with Gasteiger partial charge < -0.3 is 0 Å². The maximum absolute atomic E-state index is 12.9. The summed E-state index contributed by atoms with van der Waals surface area (Å²) >= 11 is 0. The molecule has 0 bridgehead atoms. The van der Waals surface area contributed by atoms with E-state index < -0.39 is 18.4 Å². The van der Waals surface area contributed by atoms with Gasteiger partial charge in [0.05, 0.1) is 6.42 Å². The third kappa shape index (κ3) is 6.43. The minimum atomic E-state index is -4.35. The summed E-state index contributed by atoms with van der Waals surface area (Å²) < 4.78 is 48.4. The van der Waals surface area contributed by atoms with Crippen molar-refractivity contribution in [3.8, 4) is 0 Å². The Morgan fingerprint density at radius 3 is 2.00 bits per heavy atom. The van der Waals surface area contributed by atoms with Crippen molar-refractivity contribution < 1.29 is 17.6 Å². The second-order valence-corrected chi connectivity index (χ2v) is 3.59. The number of aryl methyl sites for hydroxylation is 1. The van der Waals surface area contributed by atoms with Crippen LogP contribution >= 0.6 is 0 Å². The second kappa shape index (κ2) is 6.51. The Balaban J connectivity index is 0.000000673. The molecule has 0 aromatic heterocycles. The van der Waals surface area contributed by atoms with Crippen LogP contribution in [-0.4, -0.2) is 6.18 Å². The zero-order chi connectivity index (χ0) is 12.8. The predicted molar refractivity (Wildman–Crippen MR) is 56.9 cm³/mol. The van der Waals surface area contributed by atoms with Crippen molar-refractivity contribution in [3.05, 3.63) is 35.1 Å². The van der Waals surface area contributed by atoms with E-state index in [4.69, 9.17) is 0 Å². The first-order valence-electron chi connectivity index (χ1n) is 5.12. The molecule has 16 heavy (non-hydrogen) atoms. The van der Waals surface area contributed by atoms with E-state index >= 15 is 0 Å². The monoisotopic (exact) mass is 236 g/mol. The third-order valence-electron chi connectivity index (χ3n) is 1.60. The first kappa shape index (κ1) is 14.9. The van der Waals surface area contributed by atoms with Gasteiger partial charge in [-0.25, -0.2) is 4.39 Å². The maximum Gasteiger partial charge on any atom is 0.393 e. The fraction of sp³-hybridized carbons (Fsp3) is 0.500. The lowest BCUT2D eigenvalue weighted by Crippen LogP contribution is -2.12. The summed E-state index contributed by atoms with van der Waals surface area (Å²) in [7, 11) is 0. The van der Waals surface area contributed by atoms with Gasteiger partial charge in [-0.15, -0.1) is 0 Å². The first-order valence-corrected chi connectivity index (χ1v) is 5.12. The topological polar surface area (TPSA) is 0 Å². The third-order valence-corrected chi connectivity index (χ3v) is 1.60. The van der Waals surface area contributed by atoms with Crippen LogP contribution in [0.4, 0.5) is 17.6 Å². The van der Waals surface area contributed by atoms with Gasteiger partial charge in [0.2, 0.25) is 0 Å². The Kier molecular flexibility index (Phi) is 6.08. The molecule has 0 unspecified atom stereocenters. The molecule has 0 radical (unpaired) electrons. The number of halogens is 4. The summed E-state index contributed by atoms with van der Waals surface area (Å²) in [6.07, 6.45) is -4.31. The highest BCUT2D eigenvalue weighted by Gasteiger charge is 2.28. The van der Waals surface area contributed by atoms with E-state index in [1.54, 1.807) is 6.92 Å². The Morgan fingerprint density at radius 2 is 1.62 bits per heavy atom. The molecule has 1 aromatic carbocycles. The van der Waals surface area contributed by atoms with Crippen LogP contribution in [0, 0.1) is 12.7 Å². The molecule has 0 nitrogen and oxygen atoms in total. The highest BCUT2D eigenvalue weighted by molar-refractivity contribution is 5.23.